The maximum absolute atomic E-state index is 10.6. The molecule has 1 N–H and O–H groups in total. The summed E-state index contributed by atoms with van der Waals surface area (Å²) >= 11 is 1.59. The van der Waals surface area contributed by atoms with Crippen LogP contribution in [0, 0.1) is 11.8 Å². The monoisotopic (exact) mass is 244 g/mol. The second-order valence-corrected chi connectivity index (χ2v) is 4.55. The molecule has 0 aliphatic carbocycles. The minimum Gasteiger partial charge on any atom is -0.355 e. The van der Waals surface area contributed by atoms with Crippen molar-refractivity contribution in [3.63, 3.8) is 0 Å². The van der Waals surface area contributed by atoms with Crippen LogP contribution in [0.4, 0.5) is 0 Å². The van der Waals surface area contributed by atoms with Crippen LogP contribution in [0.15, 0.2) is 24.3 Å². The van der Waals surface area contributed by atoms with Crippen molar-refractivity contribution in [2.45, 2.75) is 13.3 Å². The molecular weight excluding hydrogens is 232 g/mol. The molecule has 0 saturated carbocycles. The summed E-state index contributed by atoms with van der Waals surface area (Å²) in [6, 6.07) is 7.98. The van der Waals surface area contributed by atoms with Crippen LogP contribution in [0.2, 0.25) is 0 Å². The number of nitrogens with zero attached hydrogens (tertiary/aromatic N) is 1. The smallest absolute Gasteiger partial charge is 0.216 e. The van der Waals surface area contributed by atoms with E-state index >= 15 is 0 Å². The lowest BCUT2D eigenvalue weighted by atomic mass is 10.3. The number of nitrogens with one attached hydrogen (secondary N) is 1. The molecular formula is C13H12N2OS. The van der Waals surface area contributed by atoms with E-state index in [1.165, 1.54) is 6.92 Å². The number of rotatable bonds is 2. The minimum absolute atomic E-state index is 0.0215. The van der Waals surface area contributed by atoms with Gasteiger partial charge in [0.15, 0.2) is 5.01 Å². The summed E-state index contributed by atoms with van der Waals surface area (Å²) < 4.78 is 1.15. The topological polar surface area (TPSA) is 42.0 Å². The predicted octanol–water partition coefficient (Wildman–Crippen LogP) is 2.17. The van der Waals surface area contributed by atoms with Crippen molar-refractivity contribution >= 4 is 27.5 Å². The molecule has 0 saturated heterocycles. The number of aromatic nitrogens is 1. The van der Waals surface area contributed by atoms with Gasteiger partial charge in [-0.05, 0) is 18.1 Å². The van der Waals surface area contributed by atoms with Crippen LogP contribution in [0.3, 0.4) is 0 Å². The number of para-hydroxylation sites is 1. The standard InChI is InChI=1S/C13H12N2OS/c1-10(16)14-9-5-4-8-13-15-11-6-2-3-7-12(11)17-13/h2-3,6-7H,5,9H2,1H3,(H,14,16). The normalized spacial score (nSPS) is 9.71. The SMILES string of the molecule is CC(=O)NCCC#Cc1nc2ccccc2s1. The molecule has 17 heavy (non-hydrogen) atoms. The third kappa shape index (κ3) is 3.30. The van der Waals surface area contributed by atoms with Crippen molar-refractivity contribution in [1.29, 1.82) is 0 Å². The van der Waals surface area contributed by atoms with Gasteiger partial charge >= 0.3 is 0 Å². The second kappa shape index (κ2) is 5.46. The summed E-state index contributed by atoms with van der Waals surface area (Å²) in [5.41, 5.74) is 0.990. The van der Waals surface area contributed by atoms with Crippen molar-refractivity contribution in [1.82, 2.24) is 10.3 Å². The van der Waals surface area contributed by atoms with E-state index in [1.54, 1.807) is 11.3 Å². The van der Waals surface area contributed by atoms with Crippen LogP contribution in [0.5, 0.6) is 0 Å². The van der Waals surface area contributed by atoms with E-state index in [1.807, 2.05) is 24.3 Å². The number of hydrogen-bond donors (Lipinski definition) is 1. The van der Waals surface area contributed by atoms with Crippen LogP contribution in [0.1, 0.15) is 18.4 Å². The molecule has 0 bridgehead atoms. The largest absolute Gasteiger partial charge is 0.355 e. The van der Waals surface area contributed by atoms with Gasteiger partial charge in [-0.3, -0.25) is 4.79 Å². The molecule has 0 aliphatic rings. The summed E-state index contributed by atoms with van der Waals surface area (Å²) in [6.45, 7) is 2.09. The average molecular weight is 244 g/mol. The van der Waals surface area contributed by atoms with Crippen molar-refractivity contribution in [2.24, 2.45) is 0 Å². The first-order valence-electron chi connectivity index (χ1n) is 5.34. The van der Waals surface area contributed by atoms with E-state index in [2.05, 4.69) is 22.1 Å². The fourth-order valence-electron chi connectivity index (χ4n) is 1.36. The number of amides is 1. The van der Waals surface area contributed by atoms with Gasteiger partial charge in [-0.25, -0.2) is 4.98 Å². The van der Waals surface area contributed by atoms with Crippen molar-refractivity contribution < 1.29 is 4.79 Å². The highest BCUT2D eigenvalue weighted by Crippen LogP contribution is 2.20. The van der Waals surface area contributed by atoms with Gasteiger partial charge < -0.3 is 5.32 Å². The highest BCUT2D eigenvalue weighted by atomic mass is 32.1. The Bertz CT molecular complexity index is 559. The van der Waals surface area contributed by atoms with Crippen LogP contribution in [0.25, 0.3) is 10.2 Å². The van der Waals surface area contributed by atoms with Crippen LogP contribution in [-0.4, -0.2) is 17.4 Å². The van der Waals surface area contributed by atoms with E-state index in [0.29, 0.717) is 13.0 Å². The van der Waals surface area contributed by atoms with E-state index in [0.717, 1.165) is 15.2 Å². The summed E-state index contributed by atoms with van der Waals surface area (Å²) in [5.74, 6) is 5.99. The number of carbonyl (C=O) groups excluding carboxylic acids is 1. The third-order valence-electron chi connectivity index (χ3n) is 2.11. The van der Waals surface area contributed by atoms with Gasteiger partial charge in [-0.15, -0.1) is 11.3 Å². The minimum atomic E-state index is -0.0215. The van der Waals surface area contributed by atoms with Gasteiger partial charge in [0.25, 0.3) is 0 Å². The lowest BCUT2D eigenvalue weighted by Crippen LogP contribution is -2.20. The van der Waals surface area contributed by atoms with Gasteiger partial charge in [0.2, 0.25) is 5.91 Å². The molecule has 3 nitrogen and oxygen atoms in total. The molecule has 0 fully saturated rings. The Labute approximate surface area is 104 Å². The molecule has 0 aliphatic heterocycles. The zero-order chi connectivity index (χ0) is 12.1. The average Bonchev–Trinajstić information content (AvgIpc) is 2.70. The van der Waals surface area contributed by atoms with Gasteiger partial charge in [-0.1, -0.05) is 18.1 Å². The number of benzene rings is 1. The molecule has 0 radical (unpaired) electrons. The summed E-state index contributed by atoms with van der Waals surface area (Å²) in [6.07, 6.45) is 0.648. The van der Waals surface area contributed by atoms with Gasteiger partial charge in [0.1, 0.15) is 0 Å². The fourth-order valence-corrected chi connectivity index (χ4v) is 2.21. The van der Waals surface area contributed by atoms with Crippen molar-refractivity contribution in [2.75, 3.05) is 6.54 Å². The van der Waals surface area contributed by atoms with Crippen LogP contribution in [-0.2, 0) is 4.79 Å². The Morgan fingerprint density at radius 1 is 1.47 bits per heavy atom. The summed E-state index contributed by atoms with van der Waals surface area (Å²) in [5, 5.41) is 3.53. The predicted molar refractivity (Wildman–Crippen MR) is 69.8 cm³/mol. The number of fused-ring (bicyclic) bond motifs is 1. The molecule has 1 aromatic heterocycles. The Balaban J connectivity index is 1.99. The van der Waals surface area contributed by atoms with E-state index < -0.39 is 0 Å². The number of hydrogen-bond acceptors (Lipinski definition) is 3. The quantitative estimate of drug-likeness (QED) is 0.650. The lowest BCUT2D eigenvalue weighted by molar-refractivity contribution is -0.118. The van der Waals surface area contributed by atoms with Crippen LogP contribution < -0.4 is 5.32 Å². The molecule has 0 spiro atoms. The van der Waals surface area contributed by atoms with Crippen molar-refractivity contribution in [3.05, 3.63) is 29.3 Å². The second-order valence-electron chi connectivity index (χ2n) is 3.52. The molecule has 1 heterocycles. The Morgan fingerprint density at radius 2 is 2.29 bits per heavy atom. The van der Waals surface area contributed by atoms with Gasteiger partial charge in [0.05, 0.1) is 10.2 Å². The van der Waals surface area contributed by atoms with E-state index in [9.17, 15) is 4.79 Å². The highest BCUT2D eigenvalue weighted by molar-refractivity contribution is 7.19. The van der Waals surface area contributed by atoms with Gasteiger partial charge in [0, 0.05) is 19.9 Å². The summed E-state index contributed by atoms with van der Waals surface area (Å²) in [4.78, 5) is 15.0. The molecule has 0 atom stereocenters. The van der Waals surface area contributed by atoms with E-state index in [4.69, 9.17) is 0 Å². The molecule has 4 heteroatoms. The molecule has 2 aromatic rings. The first-order valence-corrected chi connectivity index (χ1v) is 6.16. The lowest BCUT2D eigenvalue weighted by Gasteiger charge is -1.93. The number of thiazole rings is 1. The molecule has 1 amide bonds. The maximum Gasteiger partial charge on any atom is 0.216 e. The van der Waals surface area contributed by atoms with Crippen molar-refractivity contribution in [3.8, 4) is 11.8 Å². The Hall–Kier alpha value is -1.86. The molecule has 0 unspecified atom stereocenters. The van der Waals surface area contributed by atoms with E-state index in [-0.39, 0.29) is 5.91 Å². The molecule has 2 rings (SSSR count). The zero-order valence-corrected chi connectivity index (χ0v) is 10.3. The molecule has 1 aromatic carbocycles. The first-order chi connectivity index (χ1) is 8.25. The third-order valence-corrected chi connectivity index (χ3v) is 3.06. The fraction of sp³-hybridized carbons (Fsp3) is 0.231. The first kappa shape index (κ1) is 11.6. The van der Waals surface area contributed by atoms with Gasteiger partial charge in [-0.2, -0.15) is 0 Å². The Kier molecular flexibility index (Phi) is 3.73. The Morgan fingerprint density at radius 3 is 3.06 bits per heavy atom. The number of carbonyl (C=O) groups is 1. The highest BCUT2D eigenvalue weighted by Gasteiger charge is 1.98. The zero-order valence-electron chi connectivity index (χ0n) is 9.49. The molecule has 86 valence electrons. The van der Waals surface area contributed by atoms with Crippen LogP contribution >= 0.6 is 11.3 Å². The maximum atomic E-state index is 10.6. The summed E-state index contributed by atoms with van der Waals surface area (Å²) in [7, 11) is 0.